The third-order valence-electron chi connectivity index (χ3n) is 2.02. The van der Waals surface area contributed by atoms with E-state index in [4.69, 9.17) is 10.2 Å². The van der Waals surface area contributed by atoms with Gasteiger partial charge in [0.1, 0.15) is 0 Å². The average Bonchev–Trinajstić information content (AvgIpc) is 2.21. The Morgan fingerprint density at radius 3 is 2.47 bits per heavy atom. The lowest BCUT2D eigenvalue weighted by molar-refractivity contribution is -0.140. The molecule has 0 fully saturated rings. The molecule has 1 atom stereocenters. The average molecular weight is 218 g/mol. The summed E-state index contributed by atoms with van der Waals surface area (Å²) in [6, 6.07) is -0.348. The van der Waals surface area contributed by atoms with Crippen LogP contribution in [0.15, 0.2) is 0 Å². The van der Waals surface area contributed by atoms with E-state index in [0.717, 1.165) is 0 Å². The molecule has 0 saturated heterocycles. The van der Waals surface area contributed by atoms with E-state index in [1.807, 2.05) is 0 Å². The minimum atomic E-state index is -0.944. The number of aliphatic carboxylic acids is 1. The standard InChI is InChI=1S/C9H18N2O4/c1-3-11(4-5-12)9(15)10-6-7(2)8(13)14/h7,12H,3-6H2,1-2H3,(H,10,15)(H,13,14). The predicted molar refractivity (Wildman–Crippen MR) is 54.5 cm³/mol. The van der Waals surface area contributed by atoms with Gasteiger partial charge in [-0.2, -0.15) is 0 Å². The number of aliphatic hydroxyl groups is 1. The first kappa shape index (κ1) is 13.7. The number of amides is 2. The first-order chi connectivity index (χ1) is 7.02. The number of aliphatic hydroxyl groups excluding tert-OH is 1. The Bertz CT molecular complexity index is 220. The fourth-order valence-electron chi connectivity index (χ4n) is 0.963. The van der Waals surface area contributed by atoms with Crippen LogP contribution in [0.4, 0.5) is 4.79 Å². The van der Waals surface area contributed by atoms with Crippen LogP contribution in [-0.4, -0.2) is 53.4 Å². The molecule has 0 radical (unpaired) electrons. The van der Waals surface area contributed by atoms with Gasteiger partial charge in [-0.15, -0.1) is 0 Å². The first-order valence-electron chi connectivity index (χ1n) is 4.89. The Labute approximate surface area is 88.9 Å². The Kier molecular flexibility index (Phi) is 6.44. The Morgan fingerprint density at radius 1 is 1.47 bits per heavy atom. The highest BCUT2D eigenvalue weighted by molar-refractivity contribution is 5.75. The van der Waals surface area contributed by atoms with Crippen LogP contribution in [0.5, 0.6) is 0 Å². The molecule has 0 aromatic carbocycles. The summed E-state index contributed by atoms with van der Waals surface area (Å²) in [5.41, 5.74) is 0. The summed E-state index contributed by atoms with van der Waals surface area (Å²) >= 11 is 0. The SMILES string of the molecule is CCN(CCO)C(=O)NCC(C)C(=O)O. The number of carboxylic acids is 1. The smallest absolute Gasteiger partial charge is 0.317 e. The number of carboxylic acid groups (broad SMARTS) is 1. The maximum atomic E-state index is 11.4. The molecule has 6 nitrogen and oxygen atoms in total. The largest absolute Gasteiger partial charge is 0.481 e. The molecule has 15 heavy (non-hydrogen) atoms. The number of carbonyl (C=O) groups is 2. The summed E-state index contributed by atoms with van der Waals surface area (Å²) in [6.45, 7) is 4.03. The van der Waals surface area contributed by atoms with Gasteiger partial charge in [0.15, 0.2) is 0 Å². The lowest BCUT2D eigenvalue weighted by Crippen LogP contribution is -2.43. The molecule has 6 heteroatoms. The monoisotopic (exact) mass is 218 g/mol. The van der Waals surface area contributed by atoms with E-state index in [9.17, 15) is 9.59 Å². The van der Waals surface area contributed by atoms with Crippen LogP contribution in [0.2, 0.25) is 0 Å². The summed E-state index contributed by atoms with van der Waals surface area (Å²) in [6.07, 6.45) is 0. The lowest BCUT2D eigenvalue weighted by Gasteiger charge is -2.20. The molecular weight excluding hydrogens is 200 g/mol. The zero-order valence-electron chi connectivity index (χ0n) is 9.06. The van der Waals surface area contributed by atoms with Crippen molar-refractivity contribution in [2.75, 3.05) is 26.2 Å². The van der Waals surface area contributed by atoms with Gasteiger partial charge in [-0.1, -0.05) is 6.92 Å². The summed E-state index contributed by atoms with van der Waals surface area (Å²) in [4.78, 5) is 23.3. The Hall–Kier alpha value is -1.30. The second-order valence-electron chi connectivity index (χ2n) is 3.23. The lowest BCUT2D eigenvalue weighted by atomic mass is 10.2. The van der Waals surface area contributed by atoms with E-state index in [1.165, 1.54) is 11.8 Å². The molecule has 0 aromatic heterocycles. The van der Waals surface area contributed by atoms with Crippen molar-refractivity contribution in [2.45, 2.75) is 13.8 Å². The van der Waals surface area contributed by atoms with E-state index >= 15 is 0 Å². The van der Waals surface area contributed by atoms with E-state index in [0.29, 0.717) is 6.54 Å². The van der Waals surface area contributed by atoms with Crippen molar-refractivity contribution < 1.29 is 19.8 Å². The van der Waals surface area contributed by atoms with Crippen molar-refractivity contribution in [2.24, 2.45) is 5.92 Å². The first-order valence-corrected chi connectivity index (χ1v) is 4.89. The van der Waals surface area contributed by atoms with Crippen LogP contribution in [0, 0.1) is 5.92 Å². The quantitative estimate of drug-likeness (QED) is 0.572. The van der Waals surface area contributed by atoms with E-state index in [-0.39, 0.29) is 25.7 Å². The van der Waals surface area contributed by atoms with Gasteiger partial charge in [-0.25, -0.2) is 4.79 Å². The number of nitrogens with one attached hydrogen (secondary N) is 1. The molecule has 0 rings (SSSR count). The Morgan fingerprint density at radius 2 is 2.07 bits per heavy atom. The molecule has 0 aliphatic carbocycles. The van der Waals surface area contributed by atoms with E-state index in [1.54, 1.807) is 6.92 Å². The number of likely N-dealkylation sites (N-methyl/N-ethyl adjacent to an activating group) is 1. The second-order valence-corrected chi connectivity index (χ2v) is 3.23. The number of carbonyl (C=O) groups excluding carboxylic acids is 1. The second kappa shape index (κ2) is 7.05. The highest BCUT2D eigenvalue weighted by atomic mass is 16.4. The highest BCUT2D eigenvalue weighted by Crippen LogP contribution is 1.94. The van der Waals surface area contributed by atoms with Gasteiger partial charge >= 0.3 is 12.0 Å². The van der Waals surface area contributed by atoms with Crippen molar-refractivity contribution in [3.8, 4) is 0 Å². The van der Waals surface area contributed by atoms with Crippen LogP contribution in [-0.2, 0) is 4.79 Å². The fraction of sp³-hybridized carbons (Fsp3) is 0.778. The fourth-order valence-corrected chi connectivity index (χ4v) is 0.963. The molecule has 0 saturated carbocycles. The summed E-state index contributed by atoms with van der Waals surface area (Å²) in [7, 11) is 0. The molecule has 2 amide bonds. The minimum Gasteiger partial charge on any atom is -0.481 e. The van der Waals surface area contributed by atoms with E-state index in [2.05, 4.69) is 5.32 Å². The molecule has 0 spiro atoms. The Balaban J connectivity index is 3.95. The molecule has 88 valence electrons. The number of hydrogen-bond acceptors (Lipinski definition) is 3. The molecule has 0 aliphatic rings. The van der Waals surface area contributed by atoms with Gasteiger partial charge in [0, 0.05) is 19.6 Å². The minimum absolute atomic E-state index is 0.0933. The van der Waals surface area contributed by atoms with E-state index < -0.39 is 11.9 Å². The predicted octanol–water partition coefficient (Wildman–Crippen LogP) is -0.269. The molecular formula is C9H18N2O4. The van der Waals surface area contributed by atoms with Gasteiger partial charge < -0.3 is 20.4 Å². The number of nitrogens with zero attached hydrogens (tertiary/aromatic N) is 1. The van der Waals surface area contributed by atoms with Crippen LogP contribution in [0.1, 0.15) is 13.8 Å². The molecule has 3 N–H and O–H groups in total. The topological polar surface area (TPSA) is 89.9 Å². The maximum absolute atomic E-state index is 11.4. The van der Waals surface area contributed by atoms with Crippen LogP contribution >= 0.6 is 0 Å². The van der Waals surface area contributed by atoms with Crippen molar-refractivity contribution in [3.05, 3.63) is 0 Å². The van der Waals surface area contributed by atoms with Crippen molar-refractivity contribution in [1.29, 1.82) is 0 Å². The van der Waals surface area contributed by atoms with Crippen LogP contribution < -0.4 is 5.32 Å². The van der Waals surface area contributed by atoms with Crippen LogP contribution in [0.25, 0.3) is 0 Å². The third-order valence-corrected chi connectivity index (χ3v) is 2.02. The van der Waals surface area contributed by atoms with Gasteiger partial charge in [0.05, 0.1) is 12.5 Å². The van der Waals surface area contributed by atoms with Crippen molar-refractivity contribution in [1.82, 2.24) is 10.2 Å². The highest BCUT2D eigenvalue weighted by Gasteiger charge is 2.15. The van der Waals surface area contributed by atoms with Crippen molar-refractivity contribution in [3.63, 3.8) is 0 Å². The normalized spacial score (nSPS) is 11.9. The zero-order valence-corrected chi connectivity index (χ0v) is 9.06. The van der Waals surface area contributed by atoms with Crippen molar-refractivity contribution >= 4 is 12.0 Å². The van der Waals surface area contributed by atoms with Gasteiger partial charge in [0.25, 0.3) is 0 Å². The number of hydrogen-bond donors (Lipinski definition) is 3. The van der Waals surface area contributed by atoms with Gasteiger partial charge in [-0.05, 0) is 6.92 Å². The number of rotatable bonds is 6. The van der Waals surface area contributed by atoms with Crippen LogP contribution in [0.3, 0.4) is 0 Å². The molecule has 1 unspecified atom stereocenters. The van der Waals surface area contributed by atoms with Gasteiger partial charge in [0.2, 0.25) is 0 Å². The molecule has 0 aromatic rings. The maximum Gasteiger partial charge on any atom is 0.317 e. The molecule has 0 aliphatic heterocycles. The third kappa shape index (κ3) is 5.21. The number of urea groups is 1. The summed E-state index contributed by atoms with van der Waals surface area (Å²) in [5.74, 6) is -1.55. The summed E-state index contributed by atoms with van der Waals surface area (Å²) < 4.78 is 0. The molecule has 0 bridgehead atoms. The summed E-state index contributed by atoms with van der Waals surface area (Å²) in [5, 5.41) is 19.8. The molecule has 0 heterocycles. The van der Waals surface area contributed by atoms with Gasteiger partial charge in [-0.3, -0.25) is 4.79 Å². The zero-order chi connectivity index (χ0) is 11.8.